The van der Waals surface area contributed by atoms with Gasteiger partial charge in [0.05, 0.1) is 12.0 Å². The van der Waals surface area contributed by atoms with E-state index in [9.17, 15) is 18.0 Å². The van der Waals surface area contributed by atoms with E-state index in [0.717, 1.165) is 0 Å². The van der Waals surface area contributed by atoms with Crippen molar-refractivity contribution < 1.29 is 22.7 Å². The van der Waals surface area contributed by atoms with E-state index in [1.165, 1.54) is 6.92 Å². The molecule has 0 rings (SSSR count). The van der Waals surface area contributed by atoms with Crippen molar-refractivity contribution in [3.8, 4) is 0 Å². The fourth-order valence-electron chi connectivity index (χ4n) is 1.16. The van der Waals surface area contributed by atoms with E-state index < -0.39 is 24.1 Å². The van der Waals surface area contributed by atoms with E-state index in [-0.39, 0.29) is 12.5 Å². The molecule has 0 spiro atoms. The van der Waals surface area contributed by atoms with Crippen LogP contribution in [0.2, 0.25) is 0 Å². The van der Waals surface area contributed by atoms with Crippen molar-refractivity contribution in [2.45, 2.75) is 51.9 Å². The van der Waals surface area contributed by atoms with Crippen LogP contribution in [0.25, 0.3) is 0 Å². The van der Waals surface area contributed by atoms with E-state index in [1.807, 2.05) is 0 Å². The number of esters is 1. The number of halogens is 3. The Labute approximate surface area is 93.1 Å². The summed E-state index contributed by atoms with van der Waals surface area (Å²) in [7, 11) is 0. The number of rotatable bonds is 5. The largest absolute Gasteiger partial charge is 0.462 e. The average molecular weight is 241 g/mol. The molecule has 0 aliphatic heterocycles. The number of hydrogen-bond donors (Lipinski definition) is 1. The highest BCUT2D eigenvalue weighted by Gasteiger charge is 2.44. The van der Waals surface area contributed by atoms with Crippen LogP contribution in [0.4, 0.5) is 13.2 Å². The van der Waals surface area contributed by atoms with Crippen LogP contribution in [0.5, 0.6) is 0 Å². The van der Waals surface area contributed by atoms with Gasteiger partial charge in [-0.1, -0.05) is 13.8 Å². The van der Waals surface area contributed by atoms with Gasteiger partial charge in [0.15, 0.2) is 0 Å². The molecule has 0 aromatic carbocycles. The Bertz CT molecular complexity index is 231. The first-order valence-corrected chi connectivity index (χ1v) is 5.26. The first kappa shape index (κ1) is 15.2. The van der Waals surface area contributed by atoms with Crippen LogP contribution >= 0.6 is 0 Å². The number of hydrogen-bond acceptors (Lipinski definition) is 3. The van der Waals surface area contributed by atoms with Gasteiger partial charge in [0, 0.05) is 0 Å². The summed E-state index contributed by atoms with van der Waals surface area (Å²) >= 11 is 0. The van der Waals surface area contributed by atoms with E-state index in [2.05, 4.69) is 0 Å². The topological polar surface area (TPSA) is 52.3 Å². The minimum absolute atomic E-state index is 0.00987. The Kier molecular flexibility index (Phi) is 5.78. The number of carbonyl (C=O) groups excluding carboxylic acids is 1. The van der Waals surface area contributed by atoms with Gasteiger partial charge in [-0.3, -0.25) is 4.79 Å². The van der Waals surface area contributed by atoms with Gasteiger partial charge in [-0.05, 0) is 19.8 Å². The molecule has 16 heavy (non-hydrogen) atoms. The SMILES string of the molecule is CCC(C)OC(=O)[C@@H](CC)[C@H](N)C(F)(F)F. The zero-order valence-electron chi connectivity index (χ0n) is 9.67. The minimum atomic E-state index is -4.57. The summed E-state index contributed by atoms with van der Waals surface area (Å²) in [6.07, 6.45) is -4.39. The molecule has 0 aliphatic rings. The molecule has 0 saturated heterocycles. The highest BCUT2D eigenvalue weighted by Crippen LogP contribution is 2.26. The summed E-state index contributed by atoms with van der Waals surface area (Å²) in [6.45, 7) is 4.89. The van der Waals surface area contributed by atoms with Crippen LogP contribution in [0.1, 0.15) is 33.6 Å². The quantitative estimate of drug-likeness (QED) is 0.751. The van der Waals surface area contributed by atoms with E-state index in [0.29, 0.717) is 6.42 Å². The van der Waals surface area contributed by atoms with Crippen LogP contribution in [-0.2, 0) is 9.53 Å². The molecular formula is C10H18F3NO2. The maximum atomic E-state index is 12.3. The van der Waals surface area contributed by atoms with E-state index >= 15 is 0 Å². The Morgan fingerprint density at radius 1 is 1.31 bits per heavy atom. The molecule has 3 atom stereocenters. The molecule has 96 valence electrons. The minimum Gasteiger partial charge on any atom is -0.462 e. The first-order chi connectivity index (χ1) is 7.23. The second-order valence-electron chi connectivity index (χ2n) is 3.74. The zero-order chi connectivity index (χ0) is 12.9. The zero-order valence-corrected chi connectivity index (χ0v) is 9.67. The molecule has 0 radical (unpaired) electrons. The van der Waals surface area contributed by atoms with Gasteiger partial charge < -0.3 is 10.5 Å². The lowest BCUT2D eigenvalue weighted by Gasteiger charge is -2.24. The monoisotopic (exact) mass is 241 g/mol. The van der Waals surface area contributed by atoms with Crippen molar-refractivity contribution in [3.05, 3.63) is 0 Å². The lowest BCUT2D eigenvalue weighted by Crippen LogP contribution is -2.47. The maximum Gasteiger partial charge on any atom is 0.404 e. The number of carbonyl (C=O) groups is 1. The van der Waals surface area contributed by atoms with Crippen molar-refractivity contribution >= 4 is 5.97 Å². The third kappa shape index (κ3) is 4.38. The van der Waals surface area contributed by atoms with Gasteiger partial charge in [0.25, 0.3) is 0 Å². The fraction of sp³-hybridized carbons (Fsp3) is 0.900. The van der Waals surface area contributed by atoms with Gasteiger partial charge in [0.2, 0.25) is 0 Å². The molecule has 3 nitrogen and oxygen atoms in total. The molecule has 0 heterocycles. The molecule has 0 amide bonds. The Morgan fingerprint density at radius 3 is 2.12 bits per heavy atom. The highest BCUT2D eigenvalue weighted by atomic mass is 19.4. The summed E-state index contributed by atoms with van der Waals surface area (Å²) in [4.78, 5) is 11.4. The van der Waals surface area contributed by atoms with Gasteiger partial charge in [-0.25, -0.2) is 0 Å². The van der Waals surface area contributed by atoms with Crippen molar-refractivity contribution in [3.63, 3.8) is 0 Å². The van der Waals surface area contributed by atoms with Crippen molar-refractivity contribution in [1.29, 1.82) is 0 Å². The number of ether oxygens (including phenoxy) is 1. The Morgan fingerprint density at radius 2 is 1.81 bits per heavy atom. The third-order valence-corrected chi connectivity index (χ3v) is 2.45. The Hall–Kier alpha value is -0.780. The van der Waals surface area contributed by atoms with Crippen LogP contribution < -0.4 is 5.73 Å². The van der Waals surface area contributed by atoms with Crippen LogP contribution in [-0.4, -0.2) is 24.3 Å². The van der Waals surface area contributed by atoms with E-state index in [1.54, 1.807) is 13.8 Å². The molecular weight excluding hydrogens is 223 g/mol. The van der Waals surface area contributed by atoms with Crippen LogP contribution in [0.3, 0.4) is 0 Å². The standard InChI is InChI=1S/C10H18F3NO2/c1-4-6(3)16-9(15)7(5-2)8(14)10(11,12)13/h6-8H,4-5,14H2,1-3H3/t6?,7-,8-/m0/s1. The second-order valence-corrected chi connectivity index (χ2v) is 3.74. The molecule has 0 aromatic heterocycles. The van der Waals surface area contributed by atoms with Crippen molar-refractivity contribution in [1.82, 2.24) is 0 Å². The van der Waals surface area contributed by atoms with Crippen molar-refractivity contribution in [2.75, 3.05) is 0 Å². The fourth-order valence-corrected chi connectivity index (χ4v) is 1.16. The van der Waals surface area contributed by atoms with Gasteiger partial charge in [-0.2, -0.15) is 13.2 Å². The summed E-state index contributed by atoms with van der Waals surface area (Å²) < 4.78 is 41.8. The summed E-state index contributed by atoms with van der Waals surface area (Å²) in [5.41, 5.74) is 5.00. The van der Waals surface area contributed by atoms with Gasteiger partial charge in [-0.15, -0.1) is 0 Å². The summed E-state index contributed by atoms with van der Waals surface area (Å²) in [6, 6.07) is -2.16. The highest BCUT2D eigenvalue weighted by molar-refractivity contribution is 5.73. The predicted molar refractivity (Wildman–Crippen MR) is 53.7 cm³/mol. The lowest BCUT2D eigenvalue weighted by atomic mass is 9.97. The van der Waals surface area contributed by atoms with E-state index in [4.69, 9.17) is 10.5 Å². The molecule has 6 heteroatoms. The number of nitrogens with two attached hydrogens (primary N) is 1. The maximum absolute atomic E-state index is 12.3. The second kappa shape index (κ2) is 6.08. The molecule has 0 aliphatic carbocycles. The van der Waals surface area contributed by atoms with Crippen molar-refractivity contribution in [2.24, 2.45) is 11.7 Å². The van der Waals surface area contributed by atoms with Crippen LogP contribution in [0.15, 0.2) is 0 Å². The third-order valence-electron chi connectivity index (χ3n) is 2.45. The molecule has 0 saturated carbocycles. The smallest absolute Gasteiger partial charge is 0.404 e. The molecule has 0 aromatic rings. The molecule has 0 bridgehead atoms. The lowest BCUT2D eigenvalue weighted by molar-refractivity contribution is -0.179. The number of alkyl halides is 3. The normalized spacial score (nSPS) is 17.7. The molecule has 0 fully saturated rings. The van der Waals surface area contributed by atoms with Gasteiger partial charge in [0.1, 0.15) is 6.04 Å². The first-order valence-electron chi connectivity index (χ1n) is 5.26. The summed E-state index contributed by atoms with van der Waals surface area (Å²) in [5.74, 6) is -2.20. The Balaban J connectivity index is 4.55. The molecule has 2 N–H and O–H groups in total. The predicted octanol–water partition coefficient (Wildman–Crippen LogP) is 2.24. The summed E-state index contributed by atoms with van der Waals surface area (Å²) in [5, 5.41) is 0. The molecule has 1 unspecified atom stereocenters. The van der Waals surface area contributed by atoms with Crippen LogP contribution in [0, 0.1) is 5.92 Å². The average Bonchev–Trinajstić information content (AvgIpc) is 2.17. The van der Waals surface area contributed by atoms with Gasteiger partial charge >= 0.3 is 12.1 Å².